The summed E-state index contributed by atoms with van der Waals surface area (Å²) in [5.74, 6) is 0. The minimum absolute atomic E-state index is 0.293. The number of hydrogen-bond donors (Lipinski definition) is 2. The molecule has 2 fully saturated rings. The monoisotopic (exact) mass is 198 g/mol. The predicted molar refractivity (Wildman–Crippen MR) is 57.3 cm³/mol. The number of rotatable bonds is 2. The van der Waals surface area contributed by atoms with E-state index in [1.54, 1.807) is 0 Å². The molecule has 14 heavy (non-hydrogen) atoms. The number of likely N-dealkylation sites (tertiary alicyclic amines) is 1. The first-order valence-corrected chi connectivity index (χ1v) is 6.00. The van der Waals surface area contributed by atoms with Crippen LogP contribution < -0.4 is 5.32 Å². The molecule has 2 N–H and O–H groups in total. The molecule has 0 radical (unpaired) electrons. The summed E-state index contributed by atoms with van der Waals surface area (Å²) in [5, 5.41) is 12.7. The Hall–Kier alpha value is -0.120. The summed E-state index contributed by atoms with van der Waals surface area (Å²) in [6, 6.07) is 0.913. The molecule has 82 valence electrons. The third-order valence-electron chi connectivity index (χ3n) is 3.60. The average molecular weight is 198 g/mol. The van der Waals surface area contributed by atoms with Crippen LogP contribution in [0.15, 0.2) is 0 Å². The normalized spacial score (nSPS) is 35.8. The standard InChI is InChI=1S/C11H22N2O/c14-9-10-11(5-4-6-12-10)13-7-2-1-3-8-13/h10-12,14H,1-9H2. The summed E-state index contributed by atoms with van der Waals surface area (Å²) in [5.41, 5.74) is 0. The Balaban J connectivity index is 1.91. The van der Waals surface area contributed by atoms with Crippen molar-refractivity contribution in [2.45, 2.75) is 44.2 Å². The molecule has 2 saturated heterocycles. The molecule has 0 amide bonds. The van der Waals surface area contributed by atoms with Crippen molar-refractivity contribution in [3.05, 3.63) is 0 Å². The molecule has 0 aromatic carbocycles. The summed E-state index contributed by atoms with van der Waals surface area (Å²) in [7, 11) is 0. The van der Waals surface area contributed by atoms with Crippen molar-refractivity contribution in [2.24, 2.45) is 0 Å². The highest BCUT2D eigenvalue weighted by Crippen LogP contribution is 2.20. The fourth-order valence-electron chi connectivity index (χ4n) is 2.81. The number of aliphatic hydroxyl groups excluding tert-OH is 1. The molecule has 0 aliphatic carbocycles. The lowest BCUT2D eigenvalue weighted by Gasteiger charge is -2.41. The molecule has 2 aliphatic heterocycles. The van der Waals surface area contributed by atoms with E-state index in [2.05, 4.69) is 10.2 Å². The molecule has 0 saturated carbocycles. The maximum atomic E-state index is 9.30. The minimum Gasteiger partial charge on any atom is -0.395 e. The maximum absolute atomic E-state index is 9.30. The van der Waals surface area contributed by atoms with Gasteiger partial charge in [-0.3, -0.25) is 4.90 Å². The predicted octanol–water partition coefficient (Wildman–Crippen LogP) is 0.585. The number of aliphatic hydroxyl groups is 1. The Labute approximate surface area is 86.5 Å². The largest absolute Gasteiger partial charge is 0.395 e. The maximum Gasteiger partial charge on any atom is 0.0599 e. The van der Waals surface area contributed by atoms with Crippen LogP contribution in [0.2, 0.25) is 0 Å². The Morgan fingerprint density at radius 3 is 2.64 bits per heavy atom. The van der Waals surface area contributed by atoms with Gasteiger partial charge in [0.05, 0.1) is 6.61 Å². The topological polar surface area (TPSA) is 35.5 Å². The second kappa shape index (κ2) is 5.10. The molecule has 2 unspecified atom stereocenters. The first kappa shape index (κ1) is 10.4. The summed E-state index contributed by atoms with van der Waals surface area (Å²) >= 11 is 0. The van der Waals surface area contributed by atoms with Crippen molar-refractivity contribution >= 4 is 0 Å². The van der Waals surface area contributed by atoms with Gasteiger partial charge in [0, 0.05) is 12.1 Å². The first-order chi connectivity index (χ1) is 6.92. The van der Waals surface area contributed by atoms with Crippen LogP contribution >= 0.6 is 0 Å². The molecule has 3 heteroatoms. The van der Waals surface area contributed by atoms with Crippen LogP contribution in [0.4, 0.5) is 0 Å². The van der Waals surface area contributed by atoms with Crippen LogP contribution in [0.1, 0.15) is 32.1 Å². The highest BCUT2D eigenvalue weighted by atomic mass is 16.3. The Morgan fingerprint density at radius 1 is 1.14 bits per heavy atom. The number of hydrogen-bond acceptors (Lipinski definition) is 3. The van der Waals surface area contributed by atoms with E-state index in [0.717, 1.165) is 6.54 Å². The van der Waals surface area contributed by atoms with E-state index in [9.17, 15) is 5.11 Å². The molecule has 2 atom stereocenters. The van der Waals surface area contributed by atoms with Gasteiger partial charge in [-0.25, -0.2) is 0 Å². The second-order valence-electron chi connectivity index (χ2n) is 4.55. The Kier molecular flexibility index (Phi) is 3.79. The van der Waals surface area contributed by atoms with Crippen LogP contribution in [-0.2, 0) is 0 Å². The van der Waals surface area contributed by atoms with Crippen LogP contribution in [-0.4, -0.2) is 48.3 Å². The summed E-state index contributed by atoms with van der Waals surface area (Å²) in [4.78, 5) is 2.58. The summed E-state index contributed by atoms with van der Waals surface area (Å²) < 4.78 is 0. The van der Waals surface area contributed by atoms with E-state index in [4.69, 9.17) is 0 Å². The van der Waals surface area contributed by atoms with Crippen molar-refractivity contribution in [1.82, 2.24) is 10.2 Å². The van der Waals surface area contributed by atoms with Crippen molar-refractivity contribution in [3.63, 3.8) is 0 Å². The zero-order chi connectivity index (χ0) is 9.80. The van der Waals surface area contributed by atoms with Gasteiger partial charge in [-0.15, -0.1) is 0 Å². The van der Waals surface area contributed by atoms with Crippen molar-refractivity contribution in [1.29, 1.82) is 0 Å². The molecular weight excluding hydrogens is 176 g/mol. The molecule has 0 spiro atoms. The summed E-state index contributed by atoms with van der Waals surface area (Å²) in [6.07, 6.45) is 6.60. The van der Waals surface area contributed by atoms with Crippen molar-refractivity contribution in [2.75, 3.05) is 26.2 Å². The number of nitrogens with one attached hydrogen (secondary N) is 1. The fourth-order valence-corrected chi connectivity index (χ4v) is 2.81. The molecular formula is C11H22N2O. The third kappa shape index (κ3) is 2.27. The number of nitrogens with zero attached hydrogens (tertiary/aromatic N) is 1. The zero-order valence-electron chi connectivity index (χ0n) is 8.91. The van der Waals surface area contributed by atoms with Crippen LogP contribution in [0.25, 0.3) is 0 Å². The zero-order valence-corrected chi connectivity index (χ0v) is 8.91. The number of piperidine rings is 2. The van der Waals surface area contributed by atoms with Crippen molar-refractivity contribution in [3.8, 4) is 0 Å². The highest BCUT2D eigenvalue weighted by Gasteiger charge is 2.29. The van der Waals surface area contributed by atoms with Gasteiger partial charge in [-0.2, -0.15) is 0 Å². The molecule has 3 nitrogen and oxygen atoms in total. The lowest BCUT2D eigenvalue weighted by atomic mass is 9.95. The van der Waals surface area contributed by atoms with Crippen molar-refractivity contribution < 1.29 is 5.11 Å². The van der Waals surface area contributed by atoms with E-state index in [-0.39, 0.29) is 0 Å². The molecule has 0 bridgehead atoms. The van der Waals surface area contributed by atoms with Gasteiger partial charge in [-0.1, -0.05) is 6.42 Å². The third-order valence-corrected chi connectivity index (χ3v) is 3.60. The Bertz CT molecular complexity index is 169. The van der Waals surface area contributed by atoms with Gasteiger partial charge in [0.1, 0.15) is 0 Å². The van der Waals surface area contributed by atoms with E-state index < -0.39 is 0 Å². The van der Waals surface area contributed by atoms with Gasteiger partial charge in [-0.05, 0) is 45.3 Å². The van der Waals surface area contributed by atoms with E-state index in [1.807, 2.05) is 0 Å². The van der Waals surface area contributed by atoms with Gasteiger partial charge < -0.3 is 10.4 Å². The van der Waals surface area contributed by atoms with Gasteiger partial charge in [0.2, 0.25) is 0 Å². The smallest absolute Gasteiger partial charge is 0.0599 e. The average Bonchev–Trinajstić information content (AvgIpc) is 2.30. The fraction of sp³-hybridized carbons (Fsp3) is 1.00. The lowest BCUT2D eigenvalue weighted by Crippen LogP contribution is -2.56. The van der Waals surface area contributed by atoms with Gasteiger partial charge in [0.25, 0.3) is 0 Å². The molecule has 2 rings (SSSR count). The SMILES string of the molecule is OCC1NCCCC1N1CCCCC1. The van der Waals surface area contributed by atoms with Crippen LogP contribution in [0, 0.1) is 0 Å². The summed E-state index contributed by atoms with van der Waals surface area (Å²) in [6.45, 7) is 3.85. The van der Waals surface area contributed by atoms with Gasteiger partial charge in [0.15, 0.2) is 0 Å². The van der Waals surface area contributed by atoms with Crippen LogP contribution in [0.3, 0.4) is 0 Å². The minimum atomic E-state index is 0.293. The quantitative estimate of drug-likeness (QED) is 0.681. The van der Waals surface area contributed by atoms with Crippen LogP contribution in [0.5, 0.6) is 0 Å². The molecule has 2 aliphatic rings. The lowest BCUT2D eigenvalue weighted by molar-refractivity contribution is 0.0781. The van der Waals surface area contributed by atoms with E-state index >= 15 is 0 Å². The van der Waals surface area contributed by atoms with E-state index in [1.165, 1.54) is 45.2 Å². The molecule has 0 aromatic rings. The van der Waals surface area contributed by atoms with Gasteiger partial charge >= 0.3 is 0 Å². The molecule has 0 aromatic heterocycles. The highest BCUT2D eigenvalue weighted by molar-refractivity contribution is 4.88. The second-order valence-corrected chi connectivity index (χ2v) is 4.55. The Morgan fingerprint density at radius 2 is 1.93 bits per heavy atom. The molecule has 2 heterocycles. The van der Waals surface area contributed by atoms with E-state index in [0.29, 0.717) is 18.7 Å². The first-order valence-electron chi connectivity index (χ1n) is 6.00.